The van der Waals surface area contributed by atoms with Crippen LogP contribution in [0.4, 0.5) is 0 Å². The molecule has 69 heavy (non-hydrogen) atoms. The second-order valence-electron chi connectivity index (χ2n) is 19.0. The van der Waals surface area contributed by atoms with Gasteiger partial charge in [0, 0.05) is 44.0 Å². The summed E-state index contributed by atoms with van der Waals surface area (Å²) in [5.41, 5.74) is 28.9. The van der Waals surface area contributed by atoms with Crippen LogP contribution in [0.25, 0.3) is 111 Å². The largest absolute Gasteiger partial charge is 0.310 e. The number of hydrogen-bond donors (Lipinski definition) is 0. The second kappa shape index (κ2) is 16.8. The van der Waals surface area contributed by atoms with Crippen LogP contribution in [-0.2, 0) is 0 Å². The molecule has 0 N–H and O–H groups in total. The van der Waals surface area contributed by atoms with Gasteiger partial charge in [-0.05, 0) is 86.3 Å². The number of benzene rings is 10. The standard InChI is InChI=1S/C60H47B7N2/c61-51-48(40-28-30-47-45(33-40)43-26-14-25-42(36-19-9-3-10-20-36)58(43)68(47)41-24-13-23-38(31-41)34-15-5-1-6-16-34)52(62)56(66)59-49(51)50-53(63)54(64)55(65)57(67)60(50)69(59)46-29-27-39(35-17-7-2-8-18-35)32-44(46)37-21-11-4-12-22-37/h1-33H,61-67H2. The van der Waals surface area contributed by atoms with Crippen LogP contribution >= 0.6 is 0 Å². The molecule has 12 rings (SSSR count). The number of para-hydroxylation sites is 1. The quantitative estimate of drug-likeness (QED) is 0.215. The second-order valence-corrected chi connectivity index (χ2v) is 19.0. The maximum absolute atomic E-state index is 2.63. The molecule has 0 amide bonds. The van der Waals surface area contributed by atoms with Gasteiger partial charge in [-0.15, -0.1) is 5.46 Å². The van der Waals surface area contributed by atoms with Gasteiger partial charge in [-0.25, -0.2) is 0 Å². The summed E-state index contributed by atoms with van der Waals surface area (Å²) in [6, 6.07) is 73.5. The van der Waals surface area contributed by atoms with Gasteiger partial charge < -0.3 is 9.13 Å². The van der Waals surface area contributed by atoms with E-state index in [4.69, 9.17) is 0 Å². The summed E-state index contributed by atoms with van der Waals surface area (Å²) in [6.07, 6.45) is 0. The van der Waals surface area contributed by atoms with Crippen molar-refractivity contribution in [1.82, 2.24) is 9.13 Å². The van der Waals surface area contributed by atoms with Crippen LogP contribution in [0, 0.1) is 0 Å². The molecule has 9 heteroatoms. The Morgan fingerprint density at radius 1 is 0.275 bits per heavy atom. The number of fused-ring (bicyclic) bond motifs is 6. The summed E-state index contributed by atoms with van der Waals surface area (Å²) in [4.78, 5) is 0. The van der Waals surface area contributed by atoms with E-state index in [-0.39, 0.29) is 0 Å². The van der Waals surface area contributed by atoms with Gasteiger partial charge in [0.1, 0.15) is 54.9 Å². The third-order valence-corrected chi connectivity index (χ3v) is 15.4. The van der Waals surface area contributed by atoms with Crippen molar-refractivity contribution in [1.29, 1.82) is 0 Å². The number of hydrogen-bond acceptors (Lipinski definition) is 0. The maximum Gasteiger partial charge on any atom is 0.141 e. The molecular formula is C60H47B7N2. The highest BCUT2D eigenvalue weighted by Gasteiger charge is 2.27. The van der Waals surface area contributed by atoms with Gasteiger partial charge in [-0.2, -0.15) is 0 Å². The van der Waals surface area contributed by atoms with Crippen LogP contribution in [-0.4, -0.2) is 64.1 Å². The minimum absolute atomic E-state index is 1.15. The number of nitrogens with zero attached hydrogens (tertiary/aromatic N) is 2. The molecule has 2 aromatic heterocycles. The van der Waals surface area contributed by atoms with E-state index in [1.165, 1.54) is 143 Å². The summed E-state index contributed by atoms with van der Waals surface area (Å²) < 4.78 is 5.12. The fraction of sp³-hybridized carbons (Fsp3) is 0. The lowest BCUT2D eigenvalue weighted by Crippen LogP contribution is -2.48. The molecule has 0 unspecified atom stereocenters. The third kappa shape index (κ3) is 6.73. The highest BCUT2D eigenvalue weighted by Crippen LogP contribution is 2.41. The maximum atomic E-state index is 2.63. The summed E-state index contributed by atoms with van der Waals surface area (Å²) in [6.45, 7) is 0. The molecule has 0 aliphatic rings. The minimum atomic E-state index is 1.15. The first-order chi connectivity index (χ1) is 33.7. The van der Waals surface area contributed by atoms with Gasteiger partial charge in [0.25, 0.3) is 0 Å². The first kappa shape index (κ1) is 42.6. The van der Waals surface area contributed by atoms with Crippen LogP contribution in [0.3, 0.4) is 0 Å². The average molecular weight is 872 g/mol. The zero-order chi connectivity index (χ0) is 47.1. The Balaban J connectivity index is 1.15. The molecule has 12 aromatic rings. The van der Waals surface area contributed by atoms with E-state index in [0.29, 0.717) is 0 Å². The van der Waals surface area contributed by atoms with Crippen molar-refractivity contribution < 1.29 is 0 Å². The van der Waals surface area contributed by atoms with E-state index in [9.17, 15) is 0 Å². The van der Waals surface area contributed by atoms with E-state index in [1.807, 2.05) is 0 Å². The highest BCUT2D eigenvalue weighted by atomic mass is 15.0. The molecule has 0 saturated carbocycles. The molecule has 0 aliphatic heterocycles. The first-order valence-corrected chi connectivity index (χ1v) is 24.3. The first-order valence-electron chi connectivity index (χ1n) is 24.3. The van der Waals surface area contributed by atoms with E-state index in [1.54, 1.807) is 0 Å². The van der Waals surface area contributed by atoms with Gasteiger partial charge in [0.05, 0.1) is 16.7 Å². The molecule has 0 bridgehead atoms. The third-order valence-electron chi connectivity index (χ3n) is 15.4. The Bertz CT molecular complexity index is 4010. The van der Waals surface area contributed by atoms with Crippen molar-refractivity contribution in [3.05, 3.63) is 200 Å². The van der Waals surface area contributed by atoms with Crippen LogP contribution in [0.5, 0.6) is 0 Å². The van der Waals surface area contributed by atoms with Crippen molar-refractivity contribution >= 4 is 137 Å². The molecular weight excluding hydrogens is 824 g/mol. The Kier molecular flexibility index (Phi) is 10.4. The number of aromatic nitrogens is 2. The molecule has 0 fully saturated rings. The Morgan fingerprint density at radius 2 is 0.783 bits per heavy atom. The zero-order valence-corrected chi connectivity index (χ0v) is 40.4. The van der Waals surface area contributed by atoms with Crippen molar-refractivity contribution in [2.45, 2.75) is 0 Å². The topological polar surface area (TPSA) is 9.86 Å². The lowest BCUT2D eigenvalue weighted by atomic mass is 9.64. The van der Waals surface area contributed by atoms with Crippen molar-refractivity contribution in [3.8, 4) is 67.0 Å². The lowest BCUT2D eigenvalue weighted by Gasteiger charge is -2.21. The molecule has 0 atom stereocenters. The van der Waals surface area contributed by atoms with E-state index in [0.717, 1.165) is 5.69 Å². The molecule has 0 radical (unpaired) electrons. The van der Waals surface area contributed by atoms with Gasteiger partial charge in [0.15, 0.2) is 0 Å². The predicted octanol–water partition coefficient (Wildman–Crippen LogP) is 4.02. The summed E-state index contributed by atoms with van der Waals surface area (Å²) in [5, 5.41) is 5.17. The fourth-order valence-electron chi connectivity index (χ4n) is 11.6. The smallest absolute Gasteiger partial charge is 0.141 e. The van der Waals surface area contributed by atoms with E-state index in [2.05, 4.69) is 264 Å². The van der Waals surface area contributed by atoms with Crippen molar-refractivity contribution in [2.24, 2.45) is 0 Å². The van der Waals surface area contributed by atoms with Crippen molar-refractivity contribution in [3.63, 3.8) is 0 Å². The van der Waals surface area contributed by atoms with E-state index >= 15 is 0 Å². The summed E-state index contributed by atoms with van der Waals surface area (Å²) in [7, 11) is 16.4. The molecule has 0 aliphatic carbocycles. The molecule has 318 valence electrons. The Morgan fingerprint density at radius 3 is 1.42 bits per heavy atom. The molecule has 2 nitrogen and oxygen atoms in total. The fourth-order valence-corrected chi connectivity index (χ4v) is 11.6. The van der Waals surface area contributed by atoms with Gasteiger partial charge in [-0.1, -0.05) is 197 Å². The van der Waals surface area contributed by atoms with Crippen LogP contribution < -0.4 is 38.2 Å². The van der Waals surface area contributed by atoms with Gasteiger partial charge >= 0.3 is 0 Å². The Labute approximate surface area is 410 Å². The molecule has 0 saturated heterocycles. The van der Waals surface area contributed by atoms with Crippen LogP contribution in [0.1, 0.15) is 0 Å². The van der Waals surface area contributed by atoms with Crippen LogP contribution in [0.15, 0.2) is 200 Å². The van der Waals surface area contributed by atoms with Gasteiger partial charge in [-0.3, -0.25) is 0 Å². The molecule has 10 aromatic carbocycles. The summed E-state index contributed by atoms with van der Waals surface area (Å²) in [5.74, 6) is 0. The van der Waals surface area contributed by atoms with Crippen LogP contribution in [0.2, 0.25) is 0 Å². The normalized spacial score (nSPS) is 11.6. The van der Waals surface area contributed by atoms with Crippen molar-refractivity contribution in [2.75, 3.05) is 0 Å². The molecule has 0 spiro atoms. The lowest BCUT2D eigenvalue weighted by molar-refractivity contribution is 1.18. The van der Waals surface area contributed by atoms with Gasteiger partial charge in [0.2, 0.25) is 0 Å². The number of rotatable bonds is 7. The van der Waals surface area contributed by atoms with E-state index < -0.39 is 0 Å². The predicted molar refractivity (Wildman–Crippen MR) is 320 cm³/mol. The average Bonchev–Trinajstić information content (AvgIpc) is 3.94. The molecule has 2 heterocycles. The Hall–Kier alpha value is -7.75. The minimum Gasteiger partial charge on any atom is -0.310 e. The SMILES string of the molecule is Bc1c(B)c(B)c2c(c1B)c1c(B)c(-c3ccc4c(c3)c3cccc(-c5ccccc5)c3n4-c3cccc(-c4ccccc4)c3)c(B)c(B)c1n2-c1ccc(-c2ccccc2)cc1-c1ccccc1. The summed E-state index contributed by atoms with van der Waals surface area (Å²) >= 11 is 0. The monoisotopic (exact) mass is 872 g/mol. The highest BCUT2D eigenvalue weighted by molar-refractivity contribution is 6.69. The zero-order valence-electron chi connectivity index (χ0n) is 40.4.